The molecule has 0 spiro atoms. The van der Waals surface area contributed by atoms with Crippen molar-refractivity contribution >= 4 is 0 Å². The van der Waals surface area contributed by atoms with Crippen LogP contribution in [-0.4, -0.2) is 19.7 Å². The standard InChI is InChI=1S/C15H19N5/c1-4-7-14-17-8-9-20(14)15-12(10-16)11(5-2)13(6-3)18-19-15/h8-9H,4-7H2,1-3H3. The normalized spacial score (nSPS) is 10.5. The summed E-state index contributed by atoms with van der Waals surface area (Å²) in [5.74, 6) is 1.52. The van der Waals surface area contributed by atoms with Crippen molar-refractivity contribution in [3.05, 3.63) is 35.0 Å². The van der Waals surface area contributed by atoms with E-state index in [9.17, 15) is 5.26 Å². The van der Waals surface area contributed by atoms with Crippen molar-refractivity contribution in [3.63, 3.8) is 0 Å². The first kappa shape index (κ1) is 14.2. The van der Waals surface area contributed by atoms with E-state index in [0.29, 0.717) is 11.4 Å². The molecule has 0 N–H and O–H groups in total. The third-order valence-corrected chi connectivity index (χ3v) is 3.36. The Labute approximate surface area is 119 Å². The van der Waals surface area contributed by atoms with Gasteiger partial charge in [-0.3, -0.25) is 4.57 Å². The van der Waals surface area contributed by atoms with Gasteiger partial charge in [-0.25, -0.2) is 4.98 Å². The molecule has 0 aliphatic carbocycles. The fourth-order valence-corrected chi connectivity index (χ4v) is 2.38. The van der Waals surface area contributed by atoms with Crippen molar-refractivity contribution in [2.45, 2.75) is 46.5 Å². The molecule has 0 aromatic carbocycles. The minimum absolute atomic E-state index is 0.600. The second-order valence-corrected chi connectivity index (χ2v) is 4.61. The van der Waals surface area contributed by atoms with Crippen LogP contribution in [0.5, 0.6) is 0 Å². The van der Waals surface area contributed by atoms with Crippen LogP contribution in [0.2, 0.25) is 0 Å². The lowest BCUT2D eigenvalue weighted by molar-refractivity contribution is 0.768. The Bertz CT molecular complexity index is 636. The van der Waals surface area contributed by atoms with E-state index in [-0.39, 0.29) is 0 Å². The molecule has 2 heterocycles. The number of rotatable bonds is 5. The summed E-state index contributed by atoms with van der Waals surface area (Å²) in [4.78, 5) is 4.34. The summed E-state index contributed by atoms with van der Waals surface area (Å²) < 4.78 is 1.88. The second kappa shape index (κ2) is 6.29. The highest BCUT2D eigenvalue weighted by molar-refractivity contribution is 5.50. The van der Waals surface area contributed by atoms with E-state index in [2.05, 4.69) is 28.2 Å². The largest absolute Gasteiger partial charge is 0.285 e. The molecule has 0 fully saturated rings. The molecule has 0 amide bonds. The SMILES string of the molecule is CCCc1nccn1-c1nnc(CC)c(CC)c1C#N. The first-order valence-electron chi connectivity index (χ1n) is 7.07. The third-order valence-electron chi connectivity index (χ3n) is 3.36. The van der Waals surface area contributed by atoms with Crippen molar-refractivity contribution in [1.29, 1.82) is 5.26 Å². The van der Waals surface area contributed by atoms with Gasteiger partial charge in [0.05, 0.1) is 5.69 Å². The number of aryl methyl sites for hydroxylation is 2. The van der Waals surface area contributed by atoms with Crippen LogP contribution in [0.4, 0.5) is 0 Å². The molecule has 2 aromatic rings. The smallest absolute Gasteiger partial charge is 0.179 e. The summed E-state index contributed by atoms with van der Waals surface area (Å²) >= 11 is 0. The maximum absolute atomic E-state index is 9.52. The van der Waals surface area contributed by atoms with Gasteiger partial charge < -0.3 is 0 Å². The number of aromatic nitrogens is 4. The highest BCUT2D eigenvalue weighted by Crippen LogP contribution is 2.20. The summed E-state index contributed by atoms with van der Waals surface area (Å²) in [5, 5.41) is 18.1. The number of imidazole rings is 1. The molecule has 0 saturated carbocycles. The minimum atomic E-state index is 0.600. The van der Waals surface area contributed by atoms with Gasteiger partial charge in [-0.05, 0) is 24.8 Å². The van der Waals surface area contributed by atoms with Gasteiger partial charge in [0.2, 0.25) is 0 Å². The molecule has 0 aliphatic heterocycles. The van der Waals surface area contributed by atoms with Crippen molar-refractivity contribution in [1.82, 2.24) is 19.7 Å². The number of hydrogen-bond donors (Lipinski definition) is 0. The van der Waals surface area contributed by atoms with Crippen LogP contribution in [0.15, 0.2) is 12.4 Å². The summed E-state index contributed by atoms with van der Waals surface area (Å²) in [5.41, 5.74) is 2.52. The van der Waals surface area contributed by atoms with Gasteiger partial charge in [0.1, 0.15) is 17.5 Å². The molecular weight excluding hydrogens is 250 g/mol. The monoisotopic (exact) mass is 269 g/mol. The van der Waals surface area contributed by atoms with Crippen molar-refractivity contribution < 1.29 is 0 Å². The molecule has 0 bridgehead atoms. The van der Waals surface area contributed by atoms with Gasteiger partial charge >= 0.3 is 0 Å². The van der Waals surface area contributed by atoms with E-state index in [1.807, 2.05) is 24.6 Å². The van der Waals surface area contributed by atoms with Gasteiger partial charge in [0.15, 0.2) is 5.82 Å². The predicted molar refractivity (Wildman–Crippen MR) is 76.6 cm³/mol. The Kier molecular flexibility index (Phi) is 4.46. The van der Waals surface area contributed by atoms with Crippen LogP contribution < -0.4 is 0 Å². The average Bonchev–Trinajstić information content (AvgIpc) is 2.93. The molecule has 2 rings (SSSR count). The highest BCUT2D eigenvalue weighted by Gasteiger charge is 2.17. The summed E-state index contributed by atoms with van der Waals surface area (Å²) in [6.07, 6.45) is 7.02. The zero-order chi connectivity index (χ0) is 14.5. The van der Waals surface area contributed by atoms with Crippen LogP contribution in [0.1, 0.15) is 49.8 Å². The summed E-state index contributed by atoms with van der Waals surface area (Å²) in [6, 6.07) is 2.30. The van der Waals surface area contributed by atoms with Gasteiger partial charge in [-0.1, -0.05) is 20.8 Å². The lowest BCUT2D eigenvalue weighted by atomic mass is 10.0. The fraction of sp³-hybridized carbons (Fsp3) is 0.467. The Hall–Kier alpha value is -2.22. The van der Waals surface area contributed by atoms with E-state index >= 15 is 0 Å². The second-order valence-electron chi connectivity index (χ2n) is 4.61. The van der Waals surface area contributed by atoms with E-state index in [0.717, 1.165) is 42.8 Å². The summed E-state index contributed by atoms with van der Waals surface area (Å²) in [6.45, 7) is 6.18. The number of nitrogens with zero attached hydrogens (tertiary/aromatic N) is 5. The van der Waals surface area contributed by atoms with Crippen molar-refractivity contribution in [3.8, 4) is 11.9 Å². The quantitative estimate of drug-likeness (QED) is 0.836. The van der Waals surface area contributed by atoms with Crippen molar-refractivity contribution in [2.75, 3.05) is 0 Å². The molecule has 0 radical (unpaired) electrons. The molecule has 0 aliphatic rings. The highest BCUT2D eigenvalue weighted by atomic mass is 15.2. The average molecular weight is 269 g/mol. The topological polar surface area (TPSA) is 67.4 Å². The Morgan fingerprint density at radius 3 is 2.60 bits per heavy atom. The zero-order valence-electron chi connectivity index (χ0n) is 12.2. The molecule has 5 nitrogen and oxygen atoms in total. The van der Waals surface area contributed by atoms with Gasteiger partial charge in [-0.2, -0.15) is 10.4 Å². The first-order valence-corrected chi connectivity index (χ1v) is 7.07. The van der Waals surface area contributed by atoms with E-state index < -0.39 is 0 Å². The molecule has 0 unspecified atom stereocenters. The Morgan fingerprint density at radius 1 is 1.20 bits per heavy atom. The first-order chi connectivity index (χ1) is 9.76. The molecule has 0 atom stereocenters. The number of hydrogen-bond acceptors (Lipinski definition) is 4. The Morgan fingerprint density at radius 2 is 2.00 bits per heavy atom. The van der Waals surface area contributed by atoms with E-state index in [1.54, 1.807) is 6.20 Å². The molecule has 2 aromatic heterocycles. The van der Waals surface area contributed by atoms with E-state index in [1.165, 1.54) is 0 Å². The van der Waals surface area contributed by atoms with Crippen LogP contribution in [-0.2, 0) is 19.3 Å². The minimum Gasteiger partial charge on any atom is -0.285 e. The molecular formula is C15H19N5. The van der Waals surface area contributed by atoms with Crippen LogP contribution in [0.3, 0.4) is 0 Å². The zero-order valence-corrected chi connectivity index (χ0v) is 12.2. The maximum atomic E-state index is 9.52. The van der Waals surface area contributed by atoms with Crippen LogP contribution in [0.25, 0.3) is 5.82 Å². The molecule has 5 heteroatoms. The van der Waals surface area contributed by atoms with Crippen LogP contribution in [0, 0.1) is 11.3 Å². The summed E-state index contributed by atoms with van der Waals surface area (Å²) in [7, 11) is 0. The lowest BCUT2D eigenvalue weighted by Gasteiger charge is -2.12. The van der Waals surface area contributed by atoms with Gasteiger partial charge in [0.25, 0.3) is 0 Å². The van der Waals surface area contributed by atoms with Crippen LogP contribution >= 0.6 is 0 Å². The van der Waals surface area contributed by atoms with Gasteiger partial charge in [0, 0.05) is 18.8 Å². The number of nitriles is 1. The molecule has 20 heavy (non-hydrogen) atoms. The Balaban J connectivity index is 2.63. The molecule has 104 valence electrons. The predicted octanol–water partition coefficient (Wildman–Crippen LogP) is 2.61. The van der Waals surface area contributed by atoms with Crippen molar-refractivity contribution in [2.24, 2.45) is 0 Å². The van der Waals surface area contributed by atoms with Gasteiger partial charge in [-0.15, -0.1) is 5.10 Å². The molecule has 0 saturated heterocycles. The maximum Gasteiger partial charge on any atom is 0.179 e. The lowest BCUT2D eigenvalue weighted by Crippen LogP contribution is -2.11. The fourth-order valence-electron chi connectivity index (χ4n) is 2.38. The van der Waals surface area contributed by atoms with E-state index in [4.69, 9.17) is 0 Å². The third kappa shape index (κ3) is 2.42.